The minimum Gasteiger partial charge on any atom is -0.461 e. The lowest BCUT2D eigenvalue weighted by atomic mass is 10.4. The van der Waals surface area contributed by atoms with Crippen LogP contribution < -0.4 is 0 Å². The van der Waals surface area contributed by atoms with Gasteiger partial charge in [-0.2, -0.15) is 0 Å². The number of aromatic nitrogens is 1. The summed E-state index contributed by atoms with van der Waals surface area (Å²) in [6.45, 7) is 2.06. The predicted molar refractivity (Wildman–Crippen MR) is 31.3 cm³/mol. The van der Waals surface area contributed by atoms with E-state index in [1.165, 1.54) is 6.07 Å². The minimum atomic E-state index is -0.479. The Morgan fingerprint density at radius 3 is 3.30 bits per heavy atom. The molecule has 0 unspecified atom stereocenters. The van der Waals surface area contributed by atoms with Gasteiger partial charge in [0.15, 0.2) is 5.69 Å². The first kappa shape index (κ1) is 6.80. The molecule has 4 nitrogen and oxygen atoms in total. The van der Waals surface area contributed by atoms with Gasteiger partial charge in [-0.3, -0.25) is 0 Å². The number of nitrogens with zero attached hydrogens (tertiary/aromatic N) is 1. The maximum atomic E-state index is 10.7. The quantitative estimate of drug-likeness (QED) is 0.566. The number of carbonyl (C=O) groups is 1. The average molecular weight is 140 g/mol. The highest BCUT2D eigenvalue weighted by atomic mass is 16.5. The van der Waals surface area contributed by atoms with Crippen molar-refractivity contribution in [3.63, 3.8) is 0 Å². The molecule has 0 aliphatic rings. The molecular weight excluding hydrogens is 134 g/mol. The molecule has 0 bridgehead atoms. The fourth-order valence-corrected chi connectivity index (χ4v) is 0.485. The number of carbonyl (C=O) groups excluding carboxylic acids is 1. The van der Waals surface area contributed by atoms with Gasteiger partial charge in [-0.15, -0.1) is 0 Å². The van der Waals surface area contributed by atoms with Crippen molar-refractivity contribution < 1.29 is 14.1 Å². The predicted octanol–water partition coefficient (Wildman–Crippen LogP) is 0.651. The van der Waals surface area contributed by atoms with Crippen LogP contribution in [-0.2, 0) is 4.74 Å². The van der Waals surface area contributed by atoms with Crippen molar-refractivity contribution >= 4 is 5.97 Å². The first-order chi connectivity index (χ1) is 4.84. The molecule has 0 spiro atoms. The van der Waals surface area contributed by atoms with Crippen LogP contribution in [0, 0.1) is 6.26 Å². The van der Waals surface area contributed by atoms with E-state index in [2.05, 4.69) is 20.7 Å². The Balaban J connectivity index is 2.59. The van der Waals surface area contributed by atoms with Crippen LogP contribution in [0.5, 0.6) is 0 Å². The third-order valence-corrected chi connectivity index (χ3v) is 0.877. The lowest BCUT2D eigenvalue weighted by molar-refractivity contribution is 0.0514. The summed E-state index contributed by atoms with van der Waals surface area (Å²) in [7, 11) is 0. The summed E-state index contributed by atoms with van der Waals surface area (Å²) in [5, 5.41) is 3.33. The number of hydrogen-bond donors (Lipinski definition) is 0. The molecule has 0 aliphatic carbocycles. The van der Waals surface area contributed by atoms with Gasteiger partial charge in [0, 0.05) is 6.07 Å². The van der Waals surface area contributed by atoms with Gasteiger partial charge in [-0.05, 0) is 6.92 Å². The van der Waals surface area contributed by atoms with E-state index in [-0.39, 0.29) is 5.69 Å². The maximum Gasteiger partial charge on any atom is 0.360 e. The van der Waals surface area contributed by atoms with Crippen LogP contribution in [0.2, 0.25) is 0 Å². The summed E-state index contributed by atoms with van der Waals surface area (Å²) in [6.07, 6.45) is 2.28. The Labute approximate surface area is 57.8 Å². The van der Waals surface area contributed by atoms with E-state index in [4.69, 9.17) is 0 Å². The van der Waals surface area contributed by atoms with E-state index < -0.39 is 5.97 Å². The normalized spacial score (nSPS) is 9.30. The first-order valence-electron chi connectivity index (χ1n) is 2.84. The average Bonchev–Trinajstić information content (AvgIpc) is 2.38. The van der Waals surface area contributed by atoms with E-state index >= 15 is 0 Å². The Morgan fingerprint density at radius 2 is 2.80 bits per heavy atom. The molecular formula is C6H6NO3. The Morgan fingerprint density at radius 1 is 2.00 bits per heavy atom. The highest BCUT2D eigenvalue weighted by molar-refractivity contribution is 5.86. The Bertz CT molecular complexity index is 205. The molecule has 0 aliphatic heterocycles. The molecule has 0 N–H and O–H groups in total. The summed E-state index contributed by atoms with van der Waals surface area (Å²) in [4.78, 5) is 10.7. The van der Waals surface area contributed by atoms with Crippen molar-refractivity contribution in [1.82, 2.24) is 5.16 Å². The second-order valence-electron chi connectivity index (χ2n) is 1.55. The summed E-state index contributed by atoms with van der Waals surface area (Å²) < 4.78 is 8.91. The number of hydrogen-bond acceptors (Lipinski definition) is 4. The molecule has 1 radical (unpaired) electrons. The van der Waals surface area contributed by atoms with Gasteiger partial charge in [0.25, 0.3) is 0 Å². The van der Waals surface area contributed by atoms with Crippen LogP contribution in [0.15, 0.2) is 10.6 Å². The SMILES string of the molecule is CCOC(=O)c1c[c]on1. The summed E-state index contributed by atoms with van der Waals surface area (Å²) in [5.41, 5.74) is 0.154. The fraction of sp³-hybridized carbons (Fsp3) is 0.333. The fourth-order valence-electron chi connectivity index (χ4n) is 0.485. The van der Waals surface area contributed by atoms with Crippen molar-refractivity contribution in [2.45, 2.75) is 6.92 Å². The molecule has 4 heteroatoms. The summed E-state index contributed by atoms with van der Waals surface area (Å²) in [6, 6.07) is 1.33. The molecule has 1 rings (SSSR count). The molecule has 0 fully saturated rings. The van der Waals surface area contributed by atoms with E-state index in [0.717, 1.165) is 0 Å². The molecule has 10 heavy (non-hydrogen) atoms. The Hall–Kier alpha value is -1.32. The zero-order valence-corrected chi connectivity index (χ0v) is 5.46. The second kappa shape index (κ2) is 3.00. The first-order valence-corrected chi connectivity index (χ1v) is 2.84. The molecule has 0 atom stereocenters. The van der Waals surface area contributed by atoms with Crippen LogP contribution in [0.1, 0.15) is 17.4 Å². The number of ether oxygens (including phenoxy) is 1. The molecule has 1 aromatic rings. The summed E-state index contributed by atoms with van der Waals surface area (Å²) in [5.74, 6) is -0.479. The van der Waals surface area contributed by atoms with Gasteiger partial charge in [-0.1, -0.05) is 5.16 Å². The van der Waals surface area contributed by atoms with Gasteiger partial charge in [-0.25, -0.2) is 4.79 Å². The molecule has 1 aromatic heterocycles. The van der Waals surface area contributed by atoms with Crippen LogP contribution in [0.25, 0.3) is 0 Å². The highest BCUT2D eigenvalue weighted by Crippen LogP contribution is 1.95. The van der Waals surface area contributed by atoms with Gasteiger partial charge in [0.05, 0.1) is 6.61 Å². The van der Waals surface area contributed by atoms with E-state index in [9.17, 15) is 4.79 Å². The minimum absolute atomic E-state index is 0.154. The van der Waals surface area contributed by atoms with Crippen LogP contribution in [0.3, 0.4) is 0 Å². The van der Waals surface area contributed by atoms with E-state index in [0.29, 0.717) is 6.61 Å². The third kappa shape index (κ3) is 1.34. The zero-order valence-electron chi connectivity index (χ0n) is 5.46. The lowest BCUT2D eigenvalue weighted by Gasteiger charge is -1.93. The molecule has 0 amide bonds. The molecule has 0 saturated carbocycles. The maximum absolute atomic E-state index is 10.7. The highest BCUT2D eigenvalue weighted by Gasteiger charge is 2.08. The van der Waals surface area contributed by atoms with Gasteiger partial charge in [0.2, 0.25) is 6.26 Å². The number of esters is 1. The van der Waals surface area contributed by atoms with Crippen LogP contribution >= 0.6 is 0 Å². The molecule has 53 valence electrons. The van der Waals surface area contributed by atoms with E-state index in [1.807, 2.05) is 0 Å². The molecule has 0 saturated heterocycles. The lowest BCUT2D eigenvalue weighted by Crippen LogP contribution is -2.04. The molecule has 0 aromatic carbocycles. The van der Waals surface area contributed by atoms with Crippen LogP contribution in [-0.4, -0.2) is 17.7 Å². The van der Waals surface area contributed by atoms with Crippen molar-refractivity contribution in [2.75, 3.05) is 6.61 Å². The van der Waals surface area contributed by atoms with Gasteiger partial charge in [0.1, 0.15) is 0 Å². The topological polar surface area (TPSA) is 52.3 Å². The largest absolute Gasteiger partial charge is 0.461 e. The summed E-state index contributed by atoms with van der Waals surface area (Å²) >= 11 is 0. The molecule has 1 heterocycles. The number of rotatable bonds is 2. The smallest absolute Gasteiger partial charge is 0.360 e. The Kier molecular flexibility index (Phi) is 2.04. The van der Waals surface area contributed by atoms with Crippen molar-refractivity contribution in [3.8, 4) is 0 Å². The standard InChI is InChI=1S/C6H6NO3/c1-2-9-6(8)5-3-4-10-7-5/h3H,2H2,1H3. The third-order valence-electron chi connectivity index (χ3n) is 0.877. The van der Waals surface area contributed by atoms with Crippen LogP contribution in [0.4, 0.5) is 0 Å². The van der Waals surface area contributed by atoms with Crippen molar-refractivity contribution in [3.05, 3.63) is 18.0 Å². The van der Waals surface area contributed by atoms with Gasteiger partial charge < -0.3 is 9.26 Å². The van der Waals surface area contributed by atoms with Crippen molar-refractivity contribution in [2.24, 2.45) is 0 Å². The van der Waals surface area contributed by atoms with Gasteiger partial charge >= 0.3 is 5.97 Å². The van der Waals surface area contributed by atoms with E-state index in [1.54, 1.807) is 6.92 Å². The monoisotopic (exact) mass is 140 g/mol. The second-order valence-corrected chi connectivity index (χ2v) is 1.55. The zero-order chi connectivity index (χ0) is 7.40. The van der Waals surface area contributed by atoms with Crippen molar-refractivity contribution in [1.29, 1.82) is 0 Å².